The predicted molar refractivity (Wildman–Crippen MR) is 89.6 cm³/mol. The second-order valence-electron chi connectivity index (χ2n) is 6.01. The molecule has 116 valence electrons. The molecule has 0 radical (unpaired) electrons. The van der Waals surface area contributed by atoms with Crippen LogP contribution in [0.3, 0.4) is 0 Å². The molecule has 1 amide bonds. The molecule has 0 spiro atoms. The zero-order valence-electron chi connectivity index (χ0n) is 13.0. The molecule has 1 fully saturated rings. The van der Waals surface area contributed by atoms with Crippen molar-refractivity contribution in [3.63, 3.8) is 0 Å². The number of carbonyl (C=O) groups is 1. The van der Waals surface area contributed by atoms with Crippen LogP contribution < -0.4 is 11.1 Å². The van der Waals surface area contributed by atoms with Gasteiger partial charge in [0.05, 0.1) is 5.75 Å². The largest absolute Gasteiger partial charge is 0.352 e. The molecule has 1 aromatic carbocycles. The normalized spacial score (nSPS) is 22.0. The van der Waals surface area contributed by atoms with Gasteiger partial charge in [-0.05, 0) is 50.8 Å². The van der Waals surface area contributed by atoms with Gasteiger partial charge in [0.2, 0.25) is 5.91 Å². The summed E-state index contributed by atoms with van der Waals surface area (Å²) in [4.78, 5) is 13.4. The number of amides is 1. The van der Waals surface area contributed by atoms with Crippen molar-refractivity contribution < 1.29 is 4.79 Å². The van der Waals surface area contributed by atoms with Crippen LogP contribution in [0.25, 0.3) is 0 Å². The minimum Gasteiger partial charge on any atom is -0.352 e. The summed E-state index contributed by atoms with van der Waals surface area (Å²) in [6.45, 7) is 4.85. The Bertz CT molecular complexity index is 490. The van der Waals surface area contributed by atoms with Crippen molar-refractivity contribution in [2.24, 2.45) is 11.7 Å². The molecule has 21 heavy (non-hydrogen) atoms. The average molecular weight is 306 g/mol. The molecule has 1 aliphatic carbocycles. The first-order chi connectivity index (χ1) is 10.1. The third kappa shape index (κ3) is 4.75. The van der Waals surface area contributed by atoms with Crippen LogP contribution in [0.5, 0.6) is 0 Å². The van der Waals surface area contributed by atoms with E-state index in [0.29, 0.717) is 18.2 Å². The van der Waals surface area contributed by atoms with Gasteiger partial charge >= 0.3 is 0 Å². The first-order valence-electron chi connectivity index (χ1n) is 7.79. The fourth-order valence-electron chi connectivity index (χ4n) is 2.93. The Balaban J connectivity index is 1.85. The van der Waals surface area contributed by atoms with Crippen LogP contribution in [-0.2, 0) is 4.79 Å². The van der Waals surface area contributed by atoms with Gasteiger partial charge in [-0.1, -0.05) is 30.5 Å². The maximum atomic E-state index is 12.2. The van der Waals surface area contributed by atoms with Crippen LogP contribution in [0.1, 0.15) is 36.8 Å². The number of nitrogens with one attached hydrogen (secondary N) is 1. The summed E-state index contributed by atoms with van der Waals surface area (Å²) in [7, 11) is 0. The van der Waals surface area contributed by atoms with Crippen molar-refractivity contribution in [1.29, 1.82) is 0 Å². The Morgan fingerprint density at radius 2 is 2.10 bits per heavy atom. The van der Waals surface area contributed by atoms with E-state index in [-0.39, 0.29) is 11.9 Å². The van der Waals surface area contributed by atoms with E-state index in [1.165, 1.54) is 28.9 Å². The zero-order valence-corrected chi connectivity index (χ0v) is 13.8. The molecule has 3 N–H and O–H groups in total. The molecule has 1 saturated carbocycles. The van der Waals surface area contributed by atoms with Crippen molar-refractivity contribution in [3.8, 4) is 0 Å². The van der Waals surface area contributed by atoms with Crippen molar-refractivity contribution in [3.05, 3.63) is 29.3 Å². The number of hydrogen-bond donors (Lipinski definition) is 2. The first kappa shape index (κ1) is 16.4. The van der Waals surface area contributed by atoms with Crippen LogP contribution in [0.2, 0.25) is 0 Å². The minimum absolute atomic E-state index is 0.131. The van der Waals surface area contributed by atoms with Gasteiger partial charge in [0, 0.05) is 10.9 Å². The quantitative estimate of drug-likeness (QED) is 0.822. The number of hydrogen-bond acceptors (Lipinski definition) is 3. The maximum absolute atomic E-state index is 12.2. The lowest BCUT2D eigenvalue weighted by Crippen LogP contribution is -2.45. The van der Waals surface area contributed by atoms with Crippen LogP contribution >= 0.6 is 11.8 Å². The van der Waals surface area contributed by atoms with Gasteiger partial charge in [0.25, 0.3) is 0 Å². The highest BCUT2D eigenvalue weighted by Crippen LogP contribution is 2.25. The second-order valence-corrected chi connectivity index (χ2v) is 7.03. The lowest BCUT2D eigenvalue weighted by Gasteiger charge is -2.31. The summed E-state index contributed by atoms with van der Waals surface area (Å²) >= 11 is 1.62. The maximum Gasteiger partial charge on any atom is 0.230 e. The van der Waals surface area contributed by atoms with Gasteiger partial charge in [-0.15, -0.1) is 11.8 Å². The van der Waals surface area contributed by atoms with E-state index in [2.05, 4.69) is 37.4 Å². The van der Waals surface area contributed by atoms with Gasteiger partial charge in [0.15, 0.2) is 0 Å². The standard InChI is InChI=1S/C17H26N2OS/c1-12-7-8-13(2)16(9-12)21-11-17(20)19-15-6-4-3-5-14(15)10-18/h7-9,14-15H,3-6,10-11,18H2,1-2H3,(H,19,20). The van der Waals surface area contributed by atoms with E-state index in [9.17, 15) is 4.79 Å². The second kappa shape index (κ2) is 7.85. The van der Waals surface area contributed by atoms with E-state index < -0.39 is 0 Å². The number of rotatable bonds is 5. The lowest BCUT2D eigenvalue weighted by molar-refractivity contribution is -0.119. The summed E-state index contributed by atoms with van der Waals surface area (Å²) in [6, 6.07) is 6.64. The van der Waals surface area contributed by atoms with E-state index in [1.54, 1.807) is 11.8 Å². The first-order valence-corrected chi connectivity index (χ1v) is 8.78. The van der Waals surface area contributed by atoms with Gasteiger partial charge in [-0.3, -0.25) is 4.79 Å². The van der Waals surface area contributed by atoms with Crippen molar-refractivity contribution in [1.82, 2.24) is 5.32 Å². The molecule has 4 heteroatoms. The zero-order chi connectivity index (χ0) is 15.2. The summed E-state index contributed by atoms with van der Waals surface area (Å²) in [5, 5.41) is 3.18. The molecule has 0 aliphatic heterocycles. The Labute approximate surface area is 132 Å². The molecule has 1 aliphatic rings. The third-order valence-corrected chi connectivity index (χ3v) is 5.42. The molecule has 2 unspecified atom stereocenters. The van der Waals surface area contributed by atoms with Crippen LogP contribution in [0.4, 0.5) is 0 Å². The molecule has 2 atom stereocenters. The fraction of sp³-hybridized carbons (Fsp3) is 0.588. The third-order valence-electron chi connectivity index (χ3n) is 4.26. The molecule has 1 aromatic rings. The molecule has 3 nitrogen and oxygen atoms in total. The molecular formula is C17H26N2OS. The number of benzene rings is 1. The summed E-state index contributed by atoms with van der Waals surface area (Å²) < 4.78 is 0. The van der Waals surface area contributed by atoms with Crippen LogP contribution in [-0.4, -0.2) is 24.2 Å². The van der Waals surface area contributed by atoms with Crippen molar-refractivity contribution in [2.75, 3.05) is 12.3 Å². The van der Waals surface area contributed by atoms with Gasteiger partial charge < -0.3 is 11.1 Å². The number of thioether (sulfide) groups is 1. The Kier molecular flexibility index (Phi) is 6.12. The van der Waals surface area contributed by atoms with E-state index in [1.807, 2.05) is 0 Å². The minimum atomic E-state index is 0.131. The average Bonchev–Trinajstić information content (AvgIpc) is 2.49. The monoisotopic (exact) mass is 306 g/mol. The van der Waals surface area contributed by atoms with E-state index in [0.717, 1.165) is 12.8 Å². The highest BCUT2D eigenvalue weighted by Gasteiger charge is 2.25. The summed E-state index contributed by atoms with van der Waals surface area (Å²) in [6.07, 6.45) is 4.66. The van der Waals surface area contributed by atoms with Crippen molar-refractivity contribution >= 4 is 17.7 Å². The van der Waals surface area contributed by atoms with Crippen molar-refractivity contribution in [2.45, 2.75) is 50.5 Å². The Hall–Kier alpha value is -1.00. The SMILES string of the molecule is Cc1ccc(C)c(SCC(=O)NC2CCCCC2CN)c1. The molecule has 0 bridgehead atoms. The lowest BCUT2D eigenvalue weighted by atomic mass is 9.84. The predicted octanol–water partition coefficient (Wildman–Crippen LogP) is 3.03. The number of carbonyl (C=O) groups excluding carboxylic acids is 1. The fourth-order valence-corrected chi connectivity index (χ4v) is 3.87. The topological polar surface area (TPSA) is 55.1 Å². The van der Waals surface area contributed by atoms with E-state index >= 15 is 0 Å². The smallest absolute Gasteiger partial charge is 0.230 e. The summed E-state index contributed by atoms with van der Waals surface area (Å²) in [5.74, 6) is 1.07. The van der Waals surface area contributed by atoms with Crippen LogP contribution in [0.15, 0.2) is 23.1 Å². The van der Waals surface area contributed by atoms with Gasteiger partial charge in [0.1, 0.15) is 0 Å². The highest BCUT2D eigenvalue weighted by molar-refractivity contribution is 8.00. The molecule has 0 heterocycles. The number of aryl methyl sites for hydroxylation is 2. The highest BCUT2D eigenvalue weighted by atomic mass is 32.2. The molecule has 0 saturated heterocycles. The molecule has 0 aromatic heterocycles. The van der Waals surface area contributed by atoms with Crippen LogP contribution in [0, 0.1) is 19.8 Å². The van der Waals surface area contributed by atoms with Gasteiger partial charge in [-0.2, -0.15) is 0 Å². The summed E-state index contributed by atoms with van der Waals surface area (Å²) in [5.41, 5.74) is 8.28. The Morgan fingerprint density at radius 1 is 1.33 bits per heavy atom. The Morgan fingerprint density at radius 3 is 2.86 bits per heavy atom. The van der Waals surface area contributed by atoms with E-state index in [4.69, 9.17) is 5.73 Å². The number of nitrogens with two attached hydrogens (primary N) is 1. The molecular weight excluding hydrogens is 280 g/mol. The van der Waals surface area contributed by atoms with Gasteiger partial charge in [-0.25, -0.2) is 0 Å². The molecule has 2 rings (SSSR count).